The third-order valence-corrected chi connectivity index (χ3v) is 3.56. The van der Waals surface area contributed by atoms with Gasteiger partial charge in [0.1, 0.15) is 11.6 Å². The highest BCUT2D eigenvalue weighted by molar-refractivity contribution is 5.93. The molecule has 0 saturated heterocycles. The van der Waals surface area contributed by atoms with E-state index in [-0.39, 0.29) is 0 Å². The maximum atomic E-state index is 13.6. The van der Waals surface area contributed by atoms with Crippen molar-refractivity contribution in [1.29, 1.82) is 0 Å². The maximum Gasteiger partial charge on any atom is 0.195 e. The molecule has 0 aliphatic heterocycles. The maximum absolute atomic E-state index is 13.6. The highest BCUT2D eigenvalue weighted by Gasteiger charge is 2.07. The highest BCUT2D eigenvalue weighted by atomic mass is 19.1. The summed E-state index contributed by atoms with van der Waals surface area (Å²) in [4.78, 5) is 4.11. The molecule has 0 fully saturated rings. The summed E-state index contributed by atoms with van der Waals surface area (Å²) in [5, 5.41) is 6.16. The van der Waals surface area contributed by atoms with E-state index in [4.69, 9.17) is 9.47 Å². The second-order valence-electron chi connectivity index (χ2n) is 5.18. The number of hydrogen-bond acceptors (Lipinski definition) is 3. The third-order valence-electron chi connectivity index (χ3n) is 3.56. The number of aliphatic imine (C=N–C) groups is 1. The van der Waals surface area contributed by atoms with Crippen molar-refractivity contribution in [2.45, 2.75) is 6.42 Å². The van der Waals surface area contributed by atoms with Crippen LogP contribution in [0.1, 0.15) is 5.56 Å². The molecule has 0 aliphatic rings. The fraction of sp³-hybridized carbons (Fsp3) is 0.278. The summed E-state index contributed by atoms with van der Waals surface area (Å²) >= 11 is 0. The van der Waals surface area contributed by atoms with Crippen molar-refractivity contribution in [2.24, 2.45) is 4.99 Å². The largest absolute Gasteiger partial charge is 0.493 e. The van der Waals surface area contributed by atoms with Crippen LogP contribution in [0.3, 0.4) is 0 Å². The van der Waals surface area contributed by atoms with Gasteiger partial charge in [0.05, 0.1) is 14.2 Å². The second-order valence-corrected chi connectivity index (χ2v) is 5.18. The minimum atomic E-state index is -0.454. The Labute approximate surface area is 145 Å². The fourth-order valence-electron chi connectivity index (χ4n) is 2.28. The lowest BCUT2D eigenvalue weighted by atomic mass is 10.1. The fourth-order valence-corrected chi connectivity index (χ4v) is 2.28. The van der Waals surface area contributed by atoms with Gasteiger partial charge in [-0.3, -0.25) is 4.99 Å². The summed E-state index contributed by atoms with van der Waals surface area (Å²) in [6.07, 6.45) is 0.330. The topological polar surface area (TPSA) is 54.9 Å². The van der Waals surface area contributed by atoms with E-state index in [1.807, 2.05) is 6.07 Å². The molecule has 0 heterocycles. The van der Waals surface area contributed by atoms with Crippen molar-refractivity contribution >= 4 is 11.6 Å². The zero-order valence-electron chi connectivity index (χ0n) is 14.4. The van der Waals surface area contributed by atoms with Gasteiger partial charge in [-0.2, -0.15) is 0 Å². The Morgan fingerprint density at radius 2 is 1.80 bits per heavy atom. The van der Waals surface area contributed by atoms with Crippen LogP contribution < -0.4 is 20.1 Å². The van der Waals surface area contributed by atoms with Crippen LogP contribution in [-0.2, 0) is 6.42 Å². The number of ether oxygens (including phenoxy) is 2. The van der Waals surface area contributed by atoms with Crippen LogP contribution in [0.2, 0.25) is 0 Å². The van der Waals surface area contributed by atoms with E-state index in [1.165, 1.54) is 6.07 Å². The third kappa shape index (κ3) is 5.07. The van der Waals surface area contributed by atoms with Crippen LogP contribution in [0.5, 0.6) is 11.5 Å². The quantitative estimate of drug-likeness (QED) is 0.621. The molecular formula is C18H21F2N3O2. The standard InChI is InChI=1S/C18H21F2N3O2/c1-21-18(22-9-8-12-10-13(19)4-6-15(12)20)23-14-5-7-16(24-2)17(11-14)25-3/h4-7,10-11H,8-9H2,1-3H3,(H2,21,22,23). The molecule has 0 bridgehead atoms. The van der Waals surface area contributed by atoms with Crippen LogP contribution in [-0.4, -0.2) is 33.8 Å². The first-order valence-corrected chi connectivity index (χ1v) is 7.71. The lowest BCUT2D eigenvalue weighted by molar-refractivity contribution is 0.355. The average Bonchev–Trinajstić information content (AvgIpc) is 2.63. The Hall–Kier alpha value is -2.83. The number of halogens is 2. The van der Waals surface area contributed by atoms with Gasteiger partial charge < -0.3 is 20.1 Å². The van der Waals surface area contributed by atoms with Crippen molar-refractivity contribution in [2.75, 3.05) is 33.1 Å². The van der Waals surface area contributed by atoms with E-state index < -0.39 is 11.6 Å². The summed E-state index contributed by atoms with van der Waals surface area (Å²) < 4.78 is 37.2. The molecule has 0 amide bonds. The molecule has 0 spiro atoms. The predicted octanol–water partition coefficient (Wildman–Crippen LogP) is 3.21. The molecule has 134 valence electrons. The number of methoxy groups -OCH3 is 2. The van der Waals surface area contributed by atoms with E-state index >= 15 is 0 Å². The Morgan fingerprint density at radius 3 is 2.48 bits per heavy atom. The number of nitrogens with zero attached hydrogens (tertiary/aromatic N) is 1. The molecule has 2 N–H and O–H groups in total. The monoisotopic (exact) mass is 349 g/mol. The lowest BCUT2D eigenvalue weighted by Gasteiger charge is -2.14. The molecule has 0 saturated carbocycles. The van der Waals surface area contributed by atoms with Crippen molar-refractivity contribution in [3.05, 3.63) is 53.6 Å². The van der Waals surface area contributed by atoms with E-state index in [0.29, 0.717) is 36.0 Å². The average molecular weight is 349 g/mol. The smallest absolute Gasteiger partial charge is 0.195 e. The molecule has 0 atom stereocenters. The van der Waals surface area contributed by atoms with Crippen molar-refractivity contribution in [1.82, 2.24) is 5.32 Å². The van der Waals surface area contributed by atoms with Gasteiger partial charge in [0.15, 0.2) is 17.5 Å². The van der Waals surface area contributed by atoms with Gasteiger partial charge in [0, 0.05) is 25.3 Å². The molecule has 2 aromatic carbocycles. The number of anilines is 1. The number of hydrogen-bond donors (Lipinski definition) is 2. The van der Waals surface area contributed by atoms with Crippen LogP contribution in [0.15, 0.2) is 41.4 Å². The zero-order valence-corrected chi connectivity index (χ0v) is 14.4. The Balaban J connectivity index is 1.96. The summed E-state index contributed by atoms with van der Waals surface area (Å²) in [6, 6.07) is 8.79. The van der Waals surface area contributed by atoms with Crippen LogP contribution in [0, 0.1) is 11.6 Å². The number of guanidine groups is 1. The van der Waals surface area contributed by atoms with E-state index in [1.54, 1.807) is 33.4 Å². The van der Waals surface area contributed by atoms with Crippen molar-refractivity contribution < 1.29 is 18.3 Å². The van der Waals surface area contributed by atoms with Crippen molar-refractivity contribution in [3.63, 3.8) is 0 Å². The van der Waals surface area contributed by atoms with Gasteiger partial charge >= 0.3 is 0 Å². The summed E-state index contributed by atoms with van der Waals surface area (Å²) in [7, 11) is 4.75. The molecule has 0 aromatic heterocycles. The van der Waals surface area contributed by atoms with E-state index in [2.05, 4.69) is 15.6 Å². The Morgan fingerprint density at radius 1 is 1.04 bits per heavy atom. The zero-order chi connectivity index (χ0) is 18.2. The summed E-state index contributed by atoms with van der Waals surface area (Å²) in [5.74, 6) is 0.835. The minimum Gasteiger partial charge on any atom is -0.493 e. The number of benzene rings is 2. The van der Waals surface area contributed by atoms with Crippen LogP contribution >= 0.6 is 0 Å². The molecule has 2 rings (SSSR count). The number of rotatable bonds is 6. The van der Waals surface area contributed by atoms with Crippen LogP contribution in [0.4, 0.5) is 14.5 Å². The predicted molar refractivity (Wildman–Crippen MR) is 94.6 cm³/mol. The van der Waals surface area contributed by atoms with Crippen molar-refractivity contribution in [3.8, 4) is 11.5 Å². The summed E-state index contributed by atoms with van der Waals surface area (Å²) in [5.41, 5.74) is 1.07. The van der Waals surface area contributed by atoms with Gasteiger partial charge in [-0.1, -0.05) is 0 Å². The van der Waals surface area contributed by atoms with Gasteiger partial charge in [-0.25, -0.2) is 8.78 Å². The SMILES string of the molecule is CN=C(NCCc1cc(F)ccc1F)Nc1ccc(OC)c(OC)c1. The number of nitrogens with one attached hydrogen (secondary N) is 2. The molecule has 0 aliphatic carbocycles. The normalized spacial score (nSPS) is 11.2. The highest BCUT2D eigenvalue weighted by Crippen LogP contribution is 2.29. The van der Waals surface area contributed by atoms with Crippen LogP contribution in [0.25, 0.3) is 0 Å². The first-order valence-electron chi connectivity index (χ1n) is 7.71. The molecular weight excluding hydrogens is 328 g/mol. The molecule has 5 nitrogen and oxygen atoms in total. The molecule has 25 heavy (non-hydrogen) atoms. The van der Waals surface area contributed by atoms with E-state index in [9.17, 15) is 8.78 Å². The first-order chi connectivity index (χ1) is 12.1. The second kappa shape index (κ2) is 8.86. The van der Waals surface area contributed by atoms with Gasteiger partial charge in [-0.05, 0) is 42.3 Å². The van der Waals surface area contributed by atoms with Gasteiger partial charge in [0.25, 0.3) is 0 Å². The Bertz CT molecular complexity index is 751. The molecule has 2 aromatic rings. The minimum absolute atomic E-state index is 0.314. The summed E-state index contributed by atoms with van der Waals surface area (Å²) in [6.45, 7) is 0.396. The van der Waals surface area contributed by atoms with Gasteiger partial charge in [-0.15, -0.1) is 0 Å². The molecule has 0 radical (unpaired) electrons. The molecule has 0 unspecified atom stereocenters. The Kier molecular flexibility index (Phi) is 6.56. The van der Waals surface area contributed by atoms with Gasteiger partial charge in [0.2, 0.25) is 0 Å². The lowest BCUT2D eigenvalue weighted by Crippen LogP contribution is -2.32. The van der Waals surface area contributed by atoms with E-state index in [0.717, 1.165) is 17.8 Å². The first kappa shape index (κ1) is 18.5. The molecule has 7 heteroatoms.